The van der Waals surface area contributed by atoms with E-state index in [2.05, 4.69) is 11.6 Å². The molecule has 0 radical (unpaired) electrons. The Balaban J connectivity index is 2.10. The number of likely N-dealkylation sites (N-methyl/N-ethyl adjacent to an activating group) is 1. The summed E-state index contributed by atoms with van der Waals surface area (Å²) >= 11 is 1.89. The number of thioether (sulfide) groups is 1. The van der Waals surface area contributed by atoms with Crippen LogP contribution in [0.2, 0.25) is 0 Å². The number of unbranched alkanes of at least 4 members (excludes halogenated alkanes) is 3. The SMILES string of the molecule is CCN1C(=O)CC(NCCCCCCSC)C1=O. The molecule has 0 aromatic rings. The Morgan fingerprint density at radius 3 is 2.61 bits per heavy atom. The molecule has 1 atom stereocenters. The maximum Gasteiger partial charge on any atom is 0.246 e. The normalized spacial score (nSPS) is 19.9. The molecule has 1 aliphatic rings. The first-order valence-electron chi connectivity index (χ1n) is 6.77. The lowest BCUT2D eigenvalue weighted by Crippen LogP contribution is -2.39. The number of nitrogens with zero attached hydrogens (tertiary/aromatic N) is 1. The molecule has 0 aromatic carbocycles. The summed E-state index contributed by atoms with van der Waals surface area (Å²) in [6.07, 6.45) is 7.26. The minimum atomic E-state index is -0.274. The predicted octanol–water partition coefficient (Wildman–Crippen LogP) is 1.65. The molecule has 5 heteroatoms. The van der Waals surface area contributed by atoms with Crippen molar-refractivity contribution >= 4 is 23.6 Å². The number of hydrogen-bond acceptors (Lipinski definition) is 4. The van der Waals surface area contributed by atoms with Gasteiger partial charge in [0, 0.05) is 6.54 Å². The van der Waals surface area contributed by atoms with Crippen molar-refractivity contribution in [3.63, 3.8) is 0 Å². The summed E-state index contributed by atoms with van der Waals surface area (Å²) in [7, 11) is 0. The van der Waals surface area contributed by atoms with Gasteiger partial charge >= 0.3 is 0 Å². The molecular formula is C13H24N2O2S. The zero-order valence-electron chi connectivity index (χ0n) is 11.4. The molecule has 0 spiro atoms. The van der Waals surface area contributed by atoms with Crippen LogP contribution in [0.1, 0.15) is 39.0 Å². The molecule has 1 aliphatic heterocycles. The minimum absolute atomic E-state index is 0.0417. The van der Waals surface area contributed by atoms with E-state index in [0.29, 0.717) is 13.0 Å². The number of rotatable bonds is 9. The van der Waals surface area contributed by atoms with E-state index >= 15 is 0 Å². The Morgan fingerprint density at radius 2 is 2.00 bits per heavy atom. The van der Waals surface area contributed by atoms with Gasteiger partial charge in [-0.25, -0.2) is 0 Å². The van der Waals surface area contributed by atoms with Crippen LogP contribution in [0, 0.1) is 0 Å². The highest BCUT2D eigenvalue weighted by molar-refractivity contribution is 7.98. The van der Waals surface area contributed by atoms with Gasteiger partial charge in [0.05, 0.1) is 12.5 Å². The van der Waals surface area contributed by atoms with Crippen molar-refractivity contribution in [1.82, 2.24) is 10.2 Å². The highest BCUT2D eigenvalue weighted by Gasteiger charge is 2.36. The molecule has 1 N–H and O–H groups in total. The topological polar surface area (TPSA) is 49.4 Å². The molecule has 104 valence electrons. The molecule has 18 heavy (non-hydrogen) atoms. The predicted molar refractivity (Wildman–Crippen MR) is 75.7 cm³/mol. The Morgan fingerprint density at radius 1 is 1.28 bits per heavy atom. The zero-order chi connectivity index (χ0) is 13.4. The first-order chi connectivity index (χ1) is 8.70. The summed E-state index contributed by atoms with van der Waals surface area (Å²) in [5.41, 5.74) is 0. The largest absolute Gasteiger partial charge is 0.305 e. The molecule has 0 saturated carbocycles. The van der Waals surface area contributed by atoms with Gasteiger partial charge < -0.3 is 5.32 Å². The monoisotopic (exact) mass is 272 g/mol. The van der Waals surface area contributed by atoms with Crippen molar-refractivity contribution in [2.45, 2.75) is 45.1 Å². The fourth-order valence-electron chi connectivity index (χ4n) is 2.18. The lowest BCUT2D eigenvalue weighted by molar-refractivity contribution is -0.138. The maximum absolute atomic E-state index is 11.8. The van der Waals surface area contributed by atoms with E-state index in [1.54, 1.807) is 0 Å². The second-order valence-corrected chi connectivity index (χ2v) is 5.58. The van der Waals surface area contributed by atoms with E-state index in [-0.39, 0.29) is 17.9 Å². The molecule has 0 aliphatic carbocycles. The summed E-state index contributed by atoms with van der Waals surface area (Å²) in [5, 5.41) is 3.20. The maximum atomic E-state index is 11.8. The highest BCUT2D eigenvalue weighted by Crippen LogP contribution is 2.12. The van der Waals surface area contributed by atoms with Crippen molar-refractivity contribution in [3.05, 3.63) is 0 Å². The van der Waals surface area contributed by atoms with Gasteiger partial charge in [-0.15, -0.1) is 0 Å². The van der Waals surface area contributed by atoms with Gasteiger partial charge in [0.2, 0.25) is 11.8 Å². The Kier molecular flexibility index (Phi) is 7.35. The number of hydrogen-bond donors (Lipinski definition) is 1. The number of imide groups is 1. The van der Waals surface area contributed by atoms with Crippen LogP contribution in [-0.4, -0.2) is 47.9 Å². The number of nitrogens with one attached hydrogen (secondary N) is 1. The first-order valence-corrected chi connectivity index (χ1v) is 8.16. The lowest BCUT2D eigenvalue weighted by Gasteiger charge is -2.12. The smallest absolute Gasteiger partial charge is 0.246 e. The molecule has 2 amide bonds. The molecule has 1 heterocycles. The second kappa shape index (κ2) is 8.53. The molecule has 1 rings (SSSR count). The van der Waals surface area contributed by atoms with Crippen LogP contribution in [0.5, 0.6) is 0 Å². The van der Waals surface area contributed by atoms with E-state index in [9.17, 15) is 9.59 Å². The molecule has 0 aromatic heterocycles. The van der Waals surface area contributed by atoms with Gasteiger partial charge in [0.1, 0.15) is 0 Å². The molecule has 0 bridgehead atoms. The van der Waals surface area contributed by atoms with E-state index in [4.69, 9.17) is 0 Å². The average molecular weight is 272 g/mol. The standard InChI is InChI=1S/C13H24N2O2S/c1-3-15-12(16)10-11(13(15)17)14-8-6-4-5-7-9-18-2/h11,14H,3-10H2,1-2H3. The van der Waals surface area contributed by atoms with Crippen LogP contribution in [0.15, 0.2) is 0 Å². The summed E-state index contributed by atoms with van der Waals surface area (Å²) in [4.78, 5) is 24.6. The third-order valence-electron chi connectivity index (χ3n) is 3.23. The average Bonchev–Trinajstić information content (AvgIpc) is 2.63. The van der Waals surface area contributed by atoms with Crippen LogP contribution in [-0.2, 0) is 9.59 Å². The van der Waals surface area contributed by atoms with Gasteiger partial charge in [0.15, 0.2) is 0 Å². The number of carbonyl (C=O) groups excluding carboxylic acids is 2. The van der Waals surface area contributed by atoms with Crippen molar-refractivity contribution < 1.29 is 9.59 Å². The van der Waals surface area contributed by atoms with Crippen LogP contribution < -0.4 is 5.32 Å². The Hall–Kier alpha value is -0.550. The van der Waals surface area contributed by atoms with Crippen molar-refractivity contribution in [2.24, 2.45) is 0 Å². The van der Waals surface area contributed by atoms with Crippen LogP contribution in [0.25, 0.3) is 0 Å². The summed E-state index contributed by atoms with van der Waals surface area (Å²) in [6, 6.07) is -0.274. The Labute approximate surface area is 114 Å². The fourth-order valence-corrected chi connectivity index (χ4v) is 2.67. The molecule has 4 nitrogen and oxygen atoms in total. The highest BCUT2D eigenvalue weighted by atomic mass is 32.2. The fraction of sp³-hybridized carbons (Fsp3) is 0.846. The molecule has 1 saturated heterocycles. The summed E-state index contributed by atoms with van der Waals surface area (Å²) in [5.74, 6) is 1.14. The molecule has 1 unspecified atom stereocenters. The Bertz CT molecular complexity index is 284. The zero-order valence-corrected chi connectivity index (χ0v) is 12.2. The quantitative estimate of drug-likeness (QED) is 0.512. The van der Waals surface area contributed by atoms with Gasteiger partial charge in [-0.3, -0.25) is 14.5 Å². The second-order valence-electron chi connectivity index (χ2n) is 4.59. The van der Waals surface area contributed by atoms with E-state index in [0.717, 1.165) is 13.0 Å². The van der Waals surface area contributed by atoms with Gasteiger partial charge in [-0.1, -0.05) is 12.8 Å². The van der Waals surface area contributed by atoms with Gasteiger partial charge in [-0.05, 0) is 38.3 Å². The molecule has 1 fully saturated rings. The minimum Gasteiger partial charge on any atom is -0.305 e. The number of amides is 2. The molecular weight excluding hydrogens is 248 g/mol. The number of likely N-dealkylation sites (tertiary alicyclic amines) is 1. The number of carbonyl (C=O) groups is 2. The first kappa shape index (κ1) is 15.5. The van der Waals surface area contributed by atoms with Crippen molar-refractivity contribution in [2.75, 3.05) is 25.1 Å². The van der Waals surface area contributed by atoms with Gasteiger partial charge in [-0.2, -0.15) is 11.8 Å². The van der Waals surface area contributed by atoms with Crippen LogP contribution in [0.4, 0.5) is 0 Å². The van der Waals surface area contributed by atoms with E-state index in [1.165, 1.54) is 29.9 Å². The van der Waals surface area contributed by atoms with E-state index in [1.807, 2.05) is 18.7 Å². The van der Waals surface area contributed by atoms with E-state index < -0.39 is 0 Å². The third-order valence-corrected chi connectivity index (χ3v) is 3.92. The van der Waals surface area contributed by atoms with Gasteiger partial charge in [0.25, 0.3) is 0 Å². The van der Waals surface area contributed by atoms with Crippen molar-refractivity contribution in [3.8, 4) is 0 Å². The van der Waals surface area contributed by atoms with Crippen LogP contribution >= 0.6 is 11.8 Å². The third kappa shape index (κ3) is 4.61. The van der Waals surface area contributed by atoms with Crippen LogP contribution in [0.3, 0.4) is 0 Å². The summed E-state index contributed by atoms with van der Waals surface area (Å²) < 4.78 is 0. The van der Waals surface area contributed by atoms with Crippen molar-refractivity contribution in [1.29, 1.82) is 0 Å². The lowest BCUT2D eigenvalue weighted by atomic mass is 10.2. The summed E-state index contributed by atoms with van der Waals surface area (Å²) in [6.45, 7) is 3.16.